The first-order valence-electron chi connectivity index (χ1n) is 6.62. The number of aromatic nitrogens is 2. The molecule has 1 aromatic rings. The number of hydrogen-bond acceptors (Lipinski definition) is 3. The average Bonchev–Trinajstić information content (AvgIpc) is 3.13. The normalized spacial score (nSPS) is 21.5. The van der Waals surface area contributed by atoms with Gasteiger partial charge in [-0.2, -0.15) is 0 Å². The smallest absolute Gasteiger partial charge is 0.135 e. The molecule has 3 rings (SSSR count). The van der Waals surface area contributed by atoms with Crippen molar-refractivity contribution >= 4 is 21.7 Å². The largest absolute Gasteiger partial charge is 0.367 e. The lowest BCUT2D eigenvalue weighted by Crippen LogP contribution is -2.23. The third kappa shape index (κ3) is 2.97. The van der Waals surface area contributed by atoms with Crippen LogP contribution in [0, 0.1) is 0 Å². The zero-order chi connectivity index (χ0) is 11.7. The molecule has 0 radical (unpaired) electrons. The summed E-state index contributed by atoms with van der Waals surface area (Å²) in [7, 11) is 0. The first-order chi connectivity index (χ1) is 8.31. The van der Waals surface area contributed by atoms with Gasteiger partial charge in [-0.3, -0.25) is 0 Å². The first kappa shape index (κ1) is 11.5. The van der Waals surface area contributed by atoms with E-state index in [0.717, 1.165) is 16.2 Å². The van der Waals surface area contributed by atoms with Crippen molar-refractivity contribution in [2.24, 2.45) is 0 Å². The third-order valence-corrected chi connectivity index (χ3v) is 4.02. The predicted molar refractivity (Wildman–Crippen MR) is 72.2 cm³/mol. The molecule has 0 unspecified atom stereocenters. The summed E-state index contributed by atoms with van der Waals surface area (Å²) in [5, 5.41) is 3.56. The Kier molecular flexibility index (Phi) is 3.32. The van der Waals surface area contributed by atoms with Crippen LogP contribution < -0.4 is 5.32 Å². The molecular formula is C13H18BrN3. The van der Waals surface area contributed by atoms with Crippen molar-refractivity contribution in [2.75, 3.05) is 5.32 Å². The highest BCUT2D eigenvalue weighted by Crippen LogP contribution is 2.39. The summed E-state index contributed by atoms with van der Waals surface area (Å²) in [5.74, 6) is 2.62. The summed E-state index contributed by atoms with van der Waals surface area (Å²) in [6, 6.07) is 2.61. The molecule has 2 saturated carbocycles. The molecule has 2 fully saturated rings. The Hall–Kier alpha value is -0.640. The Labute approximate surface area is 111 Å². The summed E-state index contributed by atoms with van der Waals surface area (Å²) >= 11 is 3.48. The van der Waals surface area contributed by atoms with Gasteiger partial charge in [-0.05, 0) is 41.6 Å². The van der Waals surface area contributed by atoms with Crippen LogP contribution in [0.3, 0.4) is 0 Å². The fraction of sp³-hybridized carbons (Fsp3) is 0.692. The van der Waals surface area contributed by atoms with Gasteiger partial charge in [0.05, 0.1) is 0 Å². The fourth-order valence-corrected chi connectivity index (χ4v) is 2.89. The quantitative estimate of drug-likeness (QED) is 0.861. The summed E-state index contributed by atoms with van der Waals surface area (Å²) < 4.78 is 0.910. The van der Waals surface area contributed by atoms with Crippen LogP contribution in [-0.2, 0) is 0 Å². The van der Waals surface area contributed by atoms with Crippen LogP contribution in [0.25, 0.3) is 0 Å². The molecule has 92 valence electrons. The van der Waals surface area contributed by atoms with E-state index >= 15 is 0 Å². The van der Waals surface area contributed by atoms with E-state index in [1.54, 1.807) is 0 Å². The first-order valence-corrected chi connectivity index (χ1v) is 7.41. The van der Waals surface area contributed by atoms with Crippen molar-refractivity contribution < 1.29 is 0 Å². The highest BCUT2D eigenvalue weighted by molar-refractivity contribution is 9.10. The maximum atomic E-state index is 4.64. The SMILES string of the molecule is Brc1cc(NC2CCCCC2)nc(C2CC2)n1. The monoisotopic (exact) mass is 295 g/mol. The van der Waals surface area contributed by atoms with E-state index < -0.39 is 0 Å². The molecule has 1 aromatic heterocycles. The Morgan fingerprint density at radius 2 is 1.82 bits per heavy atom. The number of rotatable bonds is 3. The van der Waals surface area contributed by atoms with E-state index in [1.165, 1.54) is 44.9 Å². The molecule has 0 spiro atoms. The van der Waals surface area contributed by atoms with Gasteiger partial charge in [0, 0.05) is 18.0 Å². The molecule has 2 aliphatic rings. The number of anilines is 1. The summed E-state index contributed by atoms with van der Waals surface area (Å²) in [4.78, 5) is 9.09. The Morgan fingerprint density at radius 3 is 2.53 bits per heavy atom. The number of nitrogens with one attached hydrogen (secondary N) is 1. The zero-order valence-electron chi connectivity index (χ0n) is 9.95. The summed E-state index contributed by atoms with van der Waals surface area (Å²) in [5.41, 5.74) is 0. The summed E-state index contributed by atoms with van der Waals surface area (Å²) in [6.45, 7) is 0. The molecular weight excluding hydrogens is 278 g/mol. The molecule has 4 heteroatoms. The number of nitrogens with zero attached hydrogens (tertiary/aromatic N) is 2. The van der Waals surface area contributed by atoms with Gasteiger partial charge < -0.3 is 5.32 Å². The van der Waals surface area contributed by atoms with Crippen LogP contribution in [0.1, 0.15) is 56.7 Å². The van der Waals surface area contributed by atoms with Crippen molar-refractivity contribution in [3.63, 3.8) is 0 Å². The Balaban J connectivity index is 1.72. The van der Waals surface area contributed by atoms with E-state index in [0.29, 0.717) is 12.0 Å². The van der Waals surface area contributed by atoms with Gasteiger partial charge in [0.15, 0.2) is 0 Å². The lowest BCUT2D eigenvalue weighted by Gasteiger charge is -2.23. The van der Waals surface area contributed by atoms with E-state index in [9.17, 15) is 0 Å². The minimum Gasteiger partial charge on any atom is -0.367 e. The second-order valence-electron chi connectivity index (χ2n) is 5.19. The van der Waals surface area contributed by atoms with E-state index in [4.69, 9.17) is 0 Å². The lowest BCUT2D eigenvalue weighted by atomic mass is 9.95. The second-order valence-corrected chi connectivity index (χ2v) is 6.00. The van der Waals surface area contributed by atoms with Crippen LogP contribution >= 0.6 is 15.9 Å². The van der Waals surface area contributed by atoms with Gasteiger partial charge in [-0.1, -0.05) is 19.3 Å². The molecule has 0 atom stereocenters. The molecule has 0 aromatic carbocycles. The van der Waals surface area contributed by atoms with Crippen LogP contribution in [0.15, 0.2) is 10.7 Å². The van der Waals surface area contributed by atoms with Gasteiger partial charge in [0.2, 0.25) is 0 Å². The van der Waals surface area contributed by atoms with E-state index in [2.05, 4.69) is 31.2 Å². The molecule has 2 aliphatic carbocycles. The molecule has 0 aliphatic heterocycles. The maximum absolute atomic E-state index is 4.64. The van der Waals surface area contributed by atoms with Crippen LogP contribution in [-0.4, -0.2) is 16.0 Å². The minimum atomic E-state index is 0.609. The average molecular weight is 296 g/mol. The molecule has 3 nitrogen and oxygen atoms in total. The van der Waals surface area contributed by atoms with Crippen molar-refractivity contribution in [1.82, 2.24) is 9.97 Å². The van der Waals surface area contributed by atoms with Crippen LogP contribution in [0.2, 0.25) is 0 Å². The van der Waals surface area contributed by atoms with Crippen molar-refractivity contribution in [1.29, 1.82) is 0 Å². The van der Waals surface area contributed by atoms with E-state index in [1.807, 2.05) is 6.07 Å². The second kappa shape index (κ2) is 4.92. The zero-order valence-corrected chi connectivity index (χ0v) is 11.5. The van der Waals surface area contributed by atoms with Gasteiger partial charge in [0.25, 0.3) is 0 Å². The fourth-order valence-electron chi connectivity index (χ4n) is 2.49. The highest BCUT2D eigenvalue weighted by atomic mass is 79.9. The van der Waals surface area contributed by atoms with Crippen LogP contribution in [0.4, 0.5) is 5.82 Å². The maximum Gasteiger partial charge on any atom is 0.135 e. The molecule has 0 saturated heterocycles. The molecule has 0 bridgehead atoms. The third-order valence-electron chi connectivity index (χ3n) is 3.61. The number of hydrogen-bond donors (Lipinski definition) is 1. The Bertz CT molecular complexity index is 398. The van der Waals surface area contributed by atoms with Gasteiger partial charge in [-0.15, -0.1) is 0 Å². The van der Waals surface area contributed by atoms with Crippen molar-refractivity contribution in [3.8, 4) is 0 Å². The Morgan fingerprint density at radius 1 is 1.06 bits per heavy atom. The van der Waals surface area contributed by atoms with Gasteiger partial charge >= 0.3 is 0 Å². The van der Waals surface area contributed by atoms with Crippen LogP contribution in [0.5, 0.6) is 0 Å². The van der Waals surface area contributed by atoms with E-state index in [-0.39, 0.29) is 0 Å². The highest BCUT2D eigenvalue weighted by Gasteiger charge is 2.27. The molecule has 0 amide bonds. The number of halogens is 1. The van der Waals surface area contributed by atoms with Crippen molar-refractivity contribution in [2.45, 2.75) is 56.9 Å². The molecule has 1 heterocycles. The molecule has 17 heavy (non-hydrogen) atoms. The molecule has 1 N–H and O–H groups in total. The summed E-state index contributed by atoms with van der Waals surface area (Å²) in [6.07, 6.45) is 9.14. The minimum absolute atomic E-state index is 0.609. The standard InChI is InChI=1S/C13H18BrN3/c14-11-8-12(15-10-4-2-1-3-5-10)17-13(16-11)9-6-7-9/h8-10H,1-7H2,(H,15,16,17). The van der Waals surface area contributed by atoms with Gasteiger partial charge in [-0.25, -0.2) is 9.97 Å². The lowest BCUT2D eigenvalue weighted by molar-refractivity contribution is 0.461. The van der Waals surface area contributed by atoms with Crippen molar-refractivity contribution in [3.05, 3.63) is 16.5 Å². The predicted octanol–water partition coefficient (Wildman–Crippen LogP) is 3.86. The topological polar surface area (TPSA) is 37.8 Å². The van der Waals surface area contributed by atoms with Gasteiger partial charge in [0.1, 0.15) is 16.2 Å².